The fraction of sp³-hybridized carbons (Fsp3) is 0.279. The number of phenolic OH excluding ortho intramolecular Hbond substituents is 1. The van der Waals surface area contributed by atoms with E-state index in [1.54, 1.807) is 54.6 Å². The monoisotopic (exact) mass is 709 g/mol. The normalized spacial score (nSPS) is 26.2. The minimum atomic E-state index is -1.53. The van der Waals surface area contributed by atoms with Crippen molar-refractivity contribution < 1.29 is 33.8 Å². The van der Waals surface area contributed by atoms with Crippen molar-refractivity contribution in [3.8, 4) is 11.5 Å². The summed E-state index contributed by atoms with van der Waals surface area (Å²) < 4.78 is 5.83. The maximum absolute atomic E-state index is 15.3. The number of para-hydroxylation sites is 1. The number of imide groups is 2. The molecule has 10 heteroatoms. The fourth-order valence-corrected chi connectivity index (χ4v) is 9.24. The van der Waals surface area contributed by atoms with Crippen molar-refractivity contribution in [3.05, 3.63) is 131 Å². The van der Waals surface area contributed by atoms with Gasteiger partial charge in [-0.2, -0.15) is 5.01 Å². The number of anilines is 2. The van der Waals surface area contributed by atoms with E-state index >= 15 is 4.79 Å². The number of hydrogen-bond acceptors (Lipinski definition) is 8. The number of allylic oxidation sites excluding steroid dienone is 2. The molecule has 6 atom stereocenters. The summed E-state index contributed by atoms with van der Waals surface area (Å²) in [5.41, 5.74) is 5.69. The molecule has 4 amide bonds. The van der Waals surface area contributed by atoms with Crippen LogP contribution in [0, 0.1) is 30.6 Å². The van der Waals surface area contributed by atoms with E-state index in [1.165, 1.54) is 11.8 Å². The summed E-state index contributed by atoms with van der Waals surface area (Å²) in [6.07, 6.45) is 2.30. The number of hydrazine groups is 1. The van der Waals surface area contributed by atoms with Crippen LogP contribution in [-0.2, 0) is 24.6 Å². The molecule has 4 aromatic rings. The van der Waals surface area contributed by atoms with E-state index in [4.69, 9.17) is 4.74 Å². The molecule has 10 nitrogen and oxygen atoms in total. The summed E-state index contributed by atoms with van der Waals surface area (Å²) in [5.74, 6) is -5.70. The molecule has 0 spiro atoms. The zero-order chi connectivity index (χ0) is 37.2. The highest BCUT2D eigenvalue weighted by molar-refractivity contribution is 6.22. The Morgan fingerprint density at radius 1 is 0.868 bits per heavy atom. The third kappa shape index (κ3) is 5.10. The lowest BCUT2D eigenvalue weighted by Crippen LogP contribution is -2.53. The first-order valence-corrected chi connectivity index (χ1v) is 18.0. The maximum Gasteiger partial charge on any atom is 0.260 e. The molecule has 0 radical (unpaired) electrons. The zero-order valence-electron chi connectivity index (χ0n) is 29.6. The number of ether oxygens (including phenoxy) is 1. The van der Waals surface area contributed by atoms with Crippen LogP contribution < -0.4 is 15.1 Å². The number of nitrogens with zero attached hydrogens (tertiary/aromatic N) is 2. The number of carbonyl (C=O) groups is 5. The quantitative estimate of drug-likeness (QED) is 0.121. The number of rotatable bonds is 8. The van der Waals surface area contributed by atoms with Gasteiger partial charge in [-0.15, -0.1) is 0 Å². The molecule has 0 unspecified atom stereocenters. The summed E-state index contributed by atoms with van der Waals surface area (Å²) in [6, 6.07) is 28.1. The fourth-order valence-electron chi connectivity index (χ4n) is 9.24. The zero-order valence-corrected chi connectivity index (χ0v) is 29.6. The smallest absolute Gasteiger partial charge is 0.260 e. The SMILES string of the molecule is CCOc1cccc([C@H]2C3=CC[C@@H]4C(=O)N(c5ccc(C(C)=O)cc5)C(=O)[C@@H]4[C@@H]3C[C@H]3C(=O)N(Nc4ccc(C)cc4)C(=O)[C@@]23c2ccccc2)c1O. The first-order chi connectivity index (χ1) is 25.6. The van der Waals surface area contributed by atoms with Crippen molar-refractivity contribution >= 4 is 40.8 Å². The van der Waals surface area contributed by atoms with Crippen LogP contribution in [-0.4, -0.2) is 46.1 Å². The van der Waals surface area contributed by atoms with Gasteiger partial charge in [0.15, 0.2) is 17.3 Å². The van der Waals surface area contributed by atoms with E-state index in [2.05, 4.69) is 5.43 Å². The number of ketones is 1. The number of fused-ring (bicyclic) bond motifs is 4. The minimum absolute atomic E-state index is 0.122. The number of carbonyl (C=O) groups excluding carboxylic acids is 5. The first-order valence-electron chi connectivity index (χ1n) is 18.0. The Bertz CT molecular complexity index is 2200. The number of aryl methyl sites for hydroxylation is 1. The third-order valence-electron chi connectivity index (χ3n) is 11.6. The molecular formula is C43H39N3O7. The van der Waals surface area contributed by atoms with Crippen LogP contribution in [0.1, 0.15) is 59.7 Å². The Morgan fingerprint density at radius 3 is 2.26 bits per heavy atom. The average molecular weight is 710 g/mol. The predicted octanol–water partition coefficient (Wildman–Crippen LogP) is 6.49. The Hall–Kier alpha value is -6.03. The van der Waals surface area contributed by atoms with Crippen molar-refractivity contribution in [1.29, 1.82) is 0 Å². The summed E-state index contributed by atoms with van der Waals surface area (Å²) >= 11 is 0. The highest BCUT2D eigenvalue weighted by Gasteiger charge is 2.70. The van der Waals surface area contributed by atoms with Gasteiger partial charge in [-0.3, -0.25) is 34.3 Å². The molecular weight excluding hydrogens is 670 g/mol. The van der Waals surface area contributed by atoms with Crippen LogP contribution >= 0.6 is 0 Å². The van der Waals surface area contributed by atoms with E-state index in [9.17, 15) is 24.3 Å². The van der Waals surface area contributed by atoms with Crippen molar-refractivity contribution in [1.82, 2.24) is 5.01 Å². The molecule has 53 heavy (non-hydrogen) atoms. The lowest BCUT2D eigenvalue weighted by Gasteiger charge is -2.50. The number of aromatic hydroxyl groups is 1. The third-order valence-corrected chi connectivity index (χ3v) is 11.6. The van der Waals surface area contributed by atoms with E-state index in [1.807, 2.05) is 62.4 Å². The second kappa shape index (κ2) is 12.9. The molecule has 0 bridgehead atoms. The molecule has 268 valence electrons. The number of nitrogens with one attached hydrogen (secondary N) is 1. The van der Waals surface area contributed by atoms with Crippen LogP contribution in [0.3, 0.4) is 0 Å². The van der Waals surface area contributed by atoms with Gasteiger partial charge >= 0.3 is 0 Å². The lowest BCUT2D eigenvalue weighted by atomic mass is 9.49. The molecule has 8 rings (SSSR count). The van der Waals surface area contributed by atoms with Crippen molar-refractivity contribution in [2.75, 3.05) is 16.9 Å². The van der Waals surface area contributed by atoms with Gasteiger partial charge in [0.2, 0.25) is 11.8 Å². The first kappa shape index (κ1) is 34.1. The standard InChI is InChI=1S/C43H39N3O7/c1-4-53-35-12-8-11-32(38(35)48)37-30-21-22-31-36(41(51)45(39(31)49)29-19-15-26(16-20-29)25(3)47)33(30)23-34-40(50)46(44-28-17-13-24(2)14-18-28)42(52)43(34,37)27-9-6-5-7-10-27/h5-21,31,33-34,36-37,44,48H,4,22-23H2,1-3H3/t31-,33+,34-,36-,37+,43+/m0/s1. The molecule has 3 fully saturated rings. The average Bonchev–Trinajstić information content (AvgIpc) is 3.54. The number of Topliss-reactive ketones (excluding diaryl/α,β-unsaturated/α-hetero) is 1. The van der Waals surface area contributed by atoms with Crippen LogP contribution in [0.4, 0.5) is 11.4 Å². The highest BCUT2D eigenvalue weighted by atomic mass is 16.5. The largest absolute Gasteiger partial charge is 0.504 e. The summed E-state index contributed by atoms with van der Waals surface area (Å²) in [6.45, 7) is 5.49. The molecule has 2 N–H and O–H groups in total. The summed E-state index contributed by atoms with van der Waals surface area (Å²) in [4.78, 5) is 72.0. The van der Waals surface area contributed by atoms with Crippen LogP contribution in [0.15, 0.2) is 109 Å². The molecule has 2 saturated heterocycles. The molecule has 2 aliphatic heterocycles. The van der Waals surface area contributed by atoms with E-state index < -0.39 is 52.7 Å². The van der Waals surface area contributed by atoms with Gasteiger partial charge in [-0.25, -0.2) is 0 Å². The van der Waals surface area contributed by atoms with Gasteiger partial charge in [0.05, 0.1) is 41.2 Å². The summed E-state index contributed by atoms with van der Waals surface area (Å²) in [5, 5.41) is 13.0. The Labute approximate surface area is 307 Å². The molecule has 1 saturated carbocycles. The number of amides is 4. The maximum atomic E-state index is 15.3. The van der Waals surface area contributed by atoms with Crippen molar-refractivity contribution in [3.63, 3.8) is 0 Å². The van der Waals surface area contributed by atoms with Crippen LogP contribution in [0.5, 0.6) is 11.5 Å². The highest BCUT2D eigenvalue weighted by Crippen LogP contribution is 2.65. The number of phenols is 1. The number of hydrogen-bond donors (Lipinski definition) is 2. The van der Waals surface area contributed by atoms with Gasteiger partial charge in [-0.05, 0) is 87.6 Å². The van der Waals surface area contributed by atoms with Crippen molar-refractivity contribution in [2.24, 2.45) is 23.7 Å². The van der Waals surface area contributed by atoms with Gasteiger partial charge in [0, 0.05) is 17.0 Å². The Kier molecular flexibility index (Phi) is 8.28. The molecule has 0 aromatic heterocycles. The van der Waals surface area contributed by atoms with Gasteiger partial charge in [-0.1, -0.05) is 71.8 Å². The van der Waals surface area contributed by atoms with Gasteiger partial charge in [0.25, 0.3) is 11.8 Å². The van der Waals surface area contributed by atoms with Crippen LogP contribution in [0.2, 0.25) is 0 Å². The van der Waals surface area contributed by atoms with Gasteiger partial charge in [0.1, 0.15) is 0 Å². The van der Waals surface area contributed by atoms with Crippen molar-refractivity contribution in [2.45, 2.75) is 44.9 Å². The second-order valence-electron chi connectivity index (χ2n) is 14.3. The Balaban J connectivity index is 1.31. The molecule has 2 aliphatic carbocycles. The van der Waals surface area contributed by atoms with E-state index in [0.29, 0.717) is 28.1 Å². The molecule has 2 heterocycles. The topological polar surface area (TPSA) is 133 Å². The second-order valence-corrected chi connectivity index (χ2v) is 14.3. The Morgan fingerprint density at radius 2 is 1.58 bits per heavy atom. The van der Waals surface area contributed by atoms with E-state index in [0.717, 1.165) is 16.1 Å². The van der Waals surface area contributed by atoms with Crippen LogP contribution in [0.25, 0.3) is 0 Å². The van der Waals surface area contributed by atoms with E-state index in [-0.39, 0.29) is 42.6 Å². The van der Waals surface area contributed by atoms with Gasteiger partial charge < -0.3 is 9.84 Å². The molecule has 4 aromatic carbocycles. The summed E-state index contributed by atoms with van der Waals surface area (Å²) in [7, 11) is 0. The number of benzene rings is 4. The predicted molar refractivity (Wildman–Crippen MR) is 197 cm³/mol. The lowest BCUT2D eigenvalue weighted by molar-refractivity contribution is -0.138. The minimum Gasteiger partial charge on any atom is -0.504 e. The molecule has 4 aliphatic rings.